The van der Waals surface area contributed by atoms with Gasteiger partial charge < -0.3 is 10.7 Å². The molecule has 2 aromatic carbocycles. The van der Waals surface area contributed by atoms with E-state index in [1.807, 2.05) is 18.2 Å². The Hall–Kier alpha value is -1.48. The van der Waals surface area contributed by atoms with Crippen LogP contribution in [0.5, 0.6) is 0 Å². The van der Waals surface area contributed by atoms with Gasteiger partial charge in [-0.15, -0.1) is 0 Å². The number of benzene rings is 2. The van der Waals surface area contributed by atoms with Crippen LogP contribution in [0.15, 0.2) is 36.4 Å². The number of aryl methyl sites for hydroxylation is 2. The summed E-state index contributed by atoms with van der Waals surface area (Å²) in [6.07, 6.45) is 3.10. The largest absolute Gasteiger partial charge is 0.354 e. The first-order valence-electron chi connectivity index (χ1n) is 7.87. The number of aromatic amines is 1. The first-order valence-corrected chi connectivity index (χ1v) is 8.63. The second-order valence-electron chi connectivity index (χ2n) is 5.83. The highest BCUT2D eigenvalue weighted by molar-refractivity contribution is 6.32. The second-order valence-corrected chi connectivity index (χ2v) is 6.67. The molecule has 2 nitrogen and oxygen atoms in total. The number of rotatable bonds is 5. The zero-order valence-electron chi connectivity index (χ0n) is 13.1. The molecule has 0 aliphatic carbocycles. The number of hydrogen-bond acceptors (Lipinski definition) is 1. The van der Waals surface area contributed by atoms with Crippen LogP contribution >= 0.6 is 23.2 Å². The van der Waals surface area contributed by atoms with Crippen LogP contribution in [0.1, 0.15) is 24.0 Å². The molecular formula is C19H20Cl2N2. The van der Waals surface area contributed by atoms with Gasteiger partial charge in [0.15, 0.2) is 0 Å². The minimum Gasteiger partial charge on any atom is -0.354 e. The molecule has 0 radical (unpaired) electrons. The lowest BCUT2D eigenvalue weighted by Gasteiger charge is -2.05. The minimum absolute atomic E-state index is 0.726. The molecule has 3 aromatic rings. The standard InChI is InChI=1S/C19H20Cl2N2/c1-12-17(21)10-9-16-15(4-2-3-11-22)19(23-18(12)16)13-5-7-14(20)8-6-13/h5-10,23H,2-4,11,22H2,1H3. The van der Waals surface area contributed by atoms with Crippen molar-refractivity contribution >= 4 is 34.1 Å². The predicted octanol–water partition coefficient (Wildman–Crippen LogP) is 5.73. The quantitative estimate of drug-likeness (QED) is 0.569. The Labute approximate surface area is 146 Å². The van der Waals surface area contributed by atoms with Gasteiger partial charge in [0.25, 0.3) is 0 Å². The molecule has 3 rings (SSSR count). The topological polar surface area (TPSA) is 41.8 Å². The van der Waals surface area contributed by atoms with E-state index >= 15 is 0 Å². The van der Waals surface area contributed by atoms with Crippen LogP contribution < -0.4 is 5.73 Å². The lowest BCUT2D eigenvalue weighted by molar-refractivity contribution is 0.748. The van der Waals surface area contributed by atoms with Crippen molar-refractivity contribution in [3.05, 3.63) is 57.6 Å². The van der Waals surface area contributed by atoms with Crippen molar-refractivity contribution in [1.29, 1.82) is 0 Å². The first-order chi connectivity index (χ1) is 11.1. The molecule has 23 heavy (non-hydrogen) atoms. The summed E-state index contributed by atoms with van der Waals surface area (Å²) in [5, 5.41) is 2.78. The third kappa shape index (κ3) is 3.25. The van der Waals surface area contributed by atoms with Crippen LogP contribution in [0.2, 0.25) is 10.0 Å². The van der Waals surface area contributed by atoms with Gasteiger partial charge in [-0.1, -0.05) is 41.4 Å². The van der Waals surface area contributed by atoms with Gasteiger partial charge in [-0.2, -0.15) is 0 Å². The fourth-order valence-electron chi connectivity index (χ4n) is 3.00. The molecule has 1 aromatic heterocycles. The number of nitrogens with one attached hydrogen (secondary N) is 1. The average molecular weight is 347 g/mol. The molecule has 4 heteroatoms. The number of nitrogens with two attached hydrogens (primary N) is 1. The van der Waals surface area contributed by atoms with Gasteiger partial charge >= 0.3 is 0 Å². The van der Waals surface area contributed by atoms with Crippen LogP contribution in [0.25, 0.3) is 22.2 Å². The Morgan fingerprint density at radius 3 is 2.43 bits per heavy atom. The average Bonchev–Trinajstić information content (AvgIpc) is 2.91. The molecule has 1 heterocycles. The number of hydrogen-bond donors (Lipinski definition) is 2. The van der Waals surface area contributed by atoms with E-state index in [2.05, 4.69) is 30.1 Å². The predicted molar refractivity (Wildman–Crippen MR) is 100 cm³/mol. The van der Waals surface area contributed by atoms with E-state index in [0.717, 1.165) is 58.2 Å². The number of unbranched alkanes of at least 4 members (excludes halogenated alkanes) is 1. The fraction of sp³-hybridized carbons (Fsp3) is 0.263. The Morgan fingerprint density at radius 2 is 1.74 bits per heavy atom. The fourth-order valence-corrected chi connectivity index (χ4v) is 3.29. The number of fused-ring (bicyclic) bond motifs is 1. The maximum absolute atomic E-state index is 6.29. The summed E-state index contributed by atoms with van der Waals surface area (Å²) >= 11 is 12.3. The number of aromatic nitrogens is 1. The Balaban J connectivity index is 2.16. The molecule has 0 unspecified atom stereocenters. The van der Waals surface area contributed by atoms with Gasteiger partial charge in [-0.05, 0) is 67.6 Å². The highest BCUT2D eigenvalue weighted by atomic mass is 35.5. The molecule has 120 valence electrons. The van der Waals surface area contributed by atoms with E-state index in [4.69, 9.17) is 28.9 Å². The summed E-state index contributed by atoms with van der Waals surface area (Å²) in [7, 11) is 0. The lowest BCUT2D eigenvalue weighted by Crippen LogP contribution is -1.99. The Kier molecular flexibility index (Phi) is 4.96. The van der Waals surface area contributed by atoms with Gasteiger partial charge in [0.2, 0.25) is 0 Å². The van der Waals surface area contributed by atoms with Crippen molar-refractivity contribution in [3.8, 4) is 11.3 Å². The summed E-state index contributed by atoms with van der Waals surface area (Å²) in [6, 6.07) is 12.0. The normalized spacial score (nSPS) is 11.3. The van der Waals surface area contributed by atoms with E-state index in [0.29, 0.717) is 0 Å². The zero-order valence-corrected chi connectivity index (χ0v) is 14.6. The first kappa shape index (κ1) is 16.4. The molecule has 0 spiro atoms. The molecule has 0 fully saturated rings. The Bertz CT molecular complexity index is 819. The van der Waals surface area contributed by atoms with Gasteiger partial charge in [0, 0.05) is 21.1 Å². The van der Waals surface area contributed by atoms with Crippen LogP contribution in [0.4, 0.5) is 0 Å². The Morgan fingerprint density at radius 1 is 1.00 bits per heavy atom. The molecular weight excluding hydrogens is 327 g/mol. The smallest absolute Gasteiger partial charge is 0.0506 e. The molecule has 0 amide bonds. The summed E-state index contributed by atoms with van der Waals surface area (Å²) in [4.78, 5) is 3.58. The highest BCUT2D eigenvalue weighted by Crippen LogP contribution is 2.35. The van der Waals surface area contributed by atoms with Crippen LogP contribution in [-0.4, -0.2) is 11.5 Å². The van der Waals surface area contributed by atoms with Crippen LogP contribution in [-0.2, 0) is 6.42 Å². The van der Waals surface area contributed by atoms with E-state index in [1.165, 1.54) is 10.9 Å². The number of halogens is 2. The van der Waals surface area contributed by atoms with Crippen molar-refractivity contribution in [1.82, 2.24) is 4.98 Å². The van der Waals surface area contributed by atoms with Crippen molar-refractivity contribution < 1.29 is 0 Å². The van der Waals surface area contributed by atoms with E-state index in [1.54, 1.807) is 0 Å². The van der Waals surface area contributed by atoms with Crippen molar-refractivity contribution in [2.75, 3.05) is 6.54 Å². The third-order valence-corrected chi connectivity index (χ3v) is 4.95. The third-order valence-electron chi connectivity index (χ3n) is 4.29. The van der Waals surface area contributed by atoms with Gasteiger partial charge in [-0.25, -0.2) is 0 Å². The summed E-state index contributed by atoms with van der Waals surface area (Å²) < 4.78 is 0. The van der Waals surface area contributed by atoms with Crippen molar-refractivity contribution in [2.45, 2.75) is 26.2 Å². The van der Waals surface area contributed by atoms with E-state index in [-0.39, 0.29) is 0 Å². The summed E-state index contributed by atoms with van der Waals surface area (Å²) in [5.41, 5.74) is 11.5. The summed E-state index contributed by atoms with van der Waals surface area (Å²) in [6.45, 7) is 2.78. The highest BCUT2D eigenvalue weighted by Gasteiger charge is 2.15. The van der Waals surface area contributed by atoms with E-state index < -0.39 is 0 Å². The lowest BCUT2D eigenvalue weighted by atomic mass is 9.99. The van der Waals surface area contributed by atoms with Gasteiger partial charge in [0.05, 0.1) is 5.52 Å². The van der Waals surface area contributed by atoms with Gasteiger partial charge in [0.1, 0.15) is 0 Å². The molecule has 0 bridgehead atoms. The summed E-state index contributed by atoms with van der Waals surface area (Å²) in [5.74, 6) is 0. The maximum Gasteiger partial charge on any atom is 0.0506 e. The van der Waals surface area contributed by atoms with E-state index in [9.17, 15) is 0 Å². The molecule has 0 saturated heterocycles. The SMILES string of the molecule is Cc1c(Cl)ccc2c(CCCCN)c(-c3ccc(Cl)cc3)[nH]c12. The molecule has 0 aliphatic rings. The molecule has 3 N–H and O–H groups in total. The molecule has 0 saturated carbocycles. The second kappa shape index (κ2) is 6.96. The maximum atomic E-state index is 6.29. The van der Waals surface area contributed by atoms with Crippen LogP contribution in [0.3, 0.4) is 0 Å². The monoisotopic (exact) mass is 346 g/mol. The minimum atomic E-state index is 0.726. The zero-order chi connectivity index (χ0) is 16.4. The number of H-pyrrole nitrogens is 1. The molecule has 0 atom stereocenters. The van der Waals surface area contributed by atoms with Crippen LogP contribution in [0, 0.1) is 6.92 Å². The molecule has 0 aliphatic heterocycles. The van der Waals surface area contributed by atoms with Gasteiger partial charge in [-0.3, -0.25) is 0 Å². The van der Waals surface area contributed by atoms with Crippen molar-refractivity contribution in [3.63, 3.8) is 0 Å². The van der Waals surface area contributed by atoms with Crippen molar-refractivity contribution in [2.24, 2.45) is 5.73 Å².